The molecule has 5 heteroatoms. The quantitative estimate of drug-likeness (QED) is 0.427. The van der Waals surface area contributed by atoms with Gasteiger partial charge in [0.25, 0.3) is 0 Å². The number of hydrogen-bond acceptors (Lipinski definition) is 5. The minimum absolute atomic E-state index is 0.00134. The molecule has 35 heavy (non-hydrogen) atoms. The van der Waals surface area contributed by atoms with E-state index in [1.54, 1.807) is 5.57 Å². The molecule has 5 nitrogen and oxygen atoms in total. The summed E-state index contributed by atoms with van der Waals surface area (Å²) in [6.45, 7) is 11.0. The van der Waals surface area contributed by atoms with Gasteiger partial charge in [0.2, 0.25) is 0 Å². The molecule has 196 valence electrons. The van der Waals surface area contributed by atoms with Gasteiger partial charge in [-0.1, -0.05) is 31.9 Å². The van der Waals surface area contributed by atoms with E-state index < -0.39 is 0 Å². The smallest absolute Gasteiger partial charge is 0.319 e. The Hall–Kier alpha value is -0.910. The highest BCUT2D eigenvalue weighted by atomic mass is 16.5. The van der Waals surface area contributed by atoms with Crippen molar-refractivity contribution in [1.29, 1.82) is 0 Å². The lowest BCUT2D eigenvalue weighted by Gasteiger charge is -2.54. The Morgan fingerprint density at radius 1 is 1.17 bits per heavy atom. The zero-order valence-electron chi connectivity index (χ0n) is 22.5. The minimum atomic E-state index is -0.238. The van der Waals surface area contributed by atoms with Crippen molar-refractivity contribution in [2.75, 3.05) is 13.1 Å². The lowest BCUT2D eigenvalue weighted by molar-refractivity contribution is -0.155. The van der Waals surface area contributed by atoms with Crippen LogP contribution in [0.3, 0.4) is 0 Å². The molecular weight excluding hydrogens is 436 g/mol. The molecule has 6 aliphatic rings. The van der Waals surface area contributed by atoms with Gasteiger partial charge in [0.1, 0.15) is 6.10 Å². The van der Waals surface area contributed by atoms with Crippen molar-refractivity contribution in [2.24, 2.45) is 46.7 Å². The topological polar surface area (TPSA) is 73.6 Å². The van der Waals surface area contributed by atoms with E-state index >= 15 is 0 Å². The number of carbonyl (C=O) groups excluding carboxylic acids is 1. The number of allylic oxidation sites excluding steroid dienone is 1. The Morgan fingerprint density at radius 3 is 2.80 bits per heavy atom. The molecule has 1 spiro atoms. The molecule has 3 saturated carbocycles. The van der Waals surface area contributed by atoms with Gasteiger partial charge in [-0.25, -0.2) is 0 Å². The van der Waals surface area contributed by atoms with Crippen LogP contribution in [-0.2, 0) is 14.3 Å². The monoisotopic (exact) mass is 484 g/mol. The Balaban J connectivity index is 1.21. The molecule has 3 N–H and O–H groups in total. The van der Waals surface area contributed by atoms with Gasteiger partial charge < -0.3 is 20.5 Å². The number of nitrogens with one attached hydrogen (secondary N) is 1. The van der Waals surface area contributed by atoms with Crippen LogP contribution in [0.1, 0.15) is 91.9 Å². The average Bonchev–Trinajstić information content (AvgIpc) is 3.29. The van der Waals surface area contributed by atoms with Crippen molar-refractivity contribution < 1.29 is 14.3 Å². The Morgan fingerprint density at radius 2 is 2.00 bits per heavy atom. The molecule has 4 aliphatic carbocycles. The highest BCUT2D eigenvalue weighted by Gasteiger charge is 2.59. The van der Waals surface area contributed by atoms with Crippen molar-refractivity contribution in [2.45, 2.75) is 116 Å². The summed E-state index contributed by atoms with van der Waals surface area (Å²) in [7, 11) is 0. The second-order valence-electron chi connectivity index (χ2n) is 13.8. The zero-order valence-corrected chi connectivity index (χ0v) is 22.5. The van der Waals surface area contributed by atoms with Crippen molar-refractivity contribution in [3.8, 4) is 0 Å². The molecule has 2 saturated heterocycles. The predicted octanol–water partition coefficient (Wildman–Crippen LogP) is 4.98. The number of rotatable bonds is 2. The Kier molecular flexibility index (Phi) is 6.17. The van der Waals surface area contributed by atoms with E-state index in [0.717, 1.165) is 43.6 Å². The van der Waals surface area contributed by atoms with Crippen LogP contribution in [0.15, 0.2) is 11.1 Å². The van der Waals surface area contributed by atoms with Crippen LogP contribution >= 0.6 is 0 Å². The van der Waals surface area contributed by atoms with Crippen molar-refractivity contribution in [1.82, 2.24) is 5.32 Å². The van der Waals surface area contributed by atoms with Crippen LogP contribution in [0.5, 0.6) is 0 Å². The number of nitrogens with two attached hydrogens (primary N) is 1. The standard InChI is InChI=1S/C30H48N2O3/c1-17-11-26-28(32-16-17)19(3)30(35-26)10-8-22-23-6-5-20-12-21(34-27(33)15-31)7-9-29(20,4)25(23)13-24(22)18(2)14-30/h17,19-23,25-26,28,32H,5-16,31H2,1-4H3/t17-,19+,20+,21-,22-,23-,25-,26+,28?,29-,30-/m0/s1. The highest BCUT2D eigenvalue weighted by molar-refractivity contribution is 5.71. The van der Waals surface area contributed by atoms with Gasteiger partial charge in [-0.3, -0.25) is 4.79 Å². The number of fused-ring (bicyclic) bond motifs is 6. The van der Waals surface area contributed by atoms with E-state index in [4.69, 9.17) is 15.2 Å². The summed E-state index contributed by atoms with van der Waals surface area (Å²) in [6, 6.07) is 0.535. The van der Waals surface area contributed by atoms with Crippen molar-refractivity contribution in [3.05, 3.63) is 11.1 Å². The minimum Gasteiger partial charge on any atom is -0.461 e. The fourth-order valence-electron chi connectivity index (χ4n) is 10.1. The normalized spacial score (nSPS) is 51.3. The summed E-state index contributed by atoms with van der Waals surface area (Å²) >= 11 is 0. The maximum Gasteiger partial charge on any atom is 0.319 e. The van der Waals surface area contributed by atoms with Crippen LogP contribution < -0.4 is 11.1 Å². The van der Waals surface area contributed by atoms with Crippen LogP contribution in [0.25, 0.3) is 0 Å². The summed E-state index contributed by atoms with van der Waals surface area (Å²) in [5.74, 6) is 4.13. The fraction of sp³-hybridized carbons (Fsp3) is 0.900. The third kappa shape index (κ3) is 3.85. The van der Waals surface area contributed by atoms with E-state index in [1.165, 1.54) is 44.9 Å². The van der Waals surface area contributed by atoms with Gasteiger partial charge in [0, 0.05) is 12.0 Å². The molecule has 0 amide bonds. The highest BCUT2D eigenvalue weighted by Crippen LogP contribution is 2.65. The second kappa shape index (κ2) is 8.84. The molecular formula is C30H48N2O3. The van der Waals surface area contributed by atoms with Gasteiger partial charge in [-0.05, 0) is 113 Å². The number of esters is 1. The molecule has 11 atom stereocenters. The van der Waals surface area contributed by atoms with Gasteiger partial charge in [0.05, 0.1) is 18.2 Å². The molecule has 5 fully saturated rings. The lowest BCUT2D eigenvalue weighted by atomic mass is 9.52. The Labute approximate surface area is 212 Å². The van der Waals surface area contributed by atoms with Gasteiger partial charge in [-0.2, -0.15) is 0 Å². The van der Waals surface area contributed by atoms with E-state index in [-0.39, 0.29) is 24.2 Å². The van der Waals surface area contributed by atoms with E-state index in [2.05, 4.69) is 33.0 Å². The summed E-state index contributed by atoms with van der Waals surface area (Å²) < 4.78 is 12.7. The second-order valence-corrected chi connectivity index (χ2v) is 13.8. The van der Waals surface area contributed by atoms with Crippen LogP contribution in [0, 0.1) is 40.9 Å². The van der Waals surface area contributed by atoms with E-state index in [9.17, 15) is 4.79 Å². The first-order valence-electron chi connectivity index (χ1n) is 14.7. The van der Waals surface area contributed by atoms with Gasteiger partial charge >= 0.3 is 5.97 Å². The third-order valence-electron chi connectivity index (χ3n) is 12.0. The molecule has 1 unspecified atom stereocenters. The molecule has 2 aliphatic heterocycles. The van der Waals surface area contributed by atoms with E-state index in [0.29, 0.717) is 35.3 Å². The first kappa shape index (κ1) is 24.4. The number of ether oxygens (including phenoxy) is 2. The maximum atomic E-state index is 11.8. The van der Waals surface area contributed by atoms with Crippen LogP contribution in [0.4, 0.5) is 0 Å². The Bertz CT molecular complexity index is 887. The molecule has 6 rings (SSSR count). The lowest BCUT2D eigenvalue weighted by Crippen LogP contribution is -2.49. The first-order chi connectivity index (χ1) is 16.7. The third-order valence-corrected chi connectivity index (χ3v) is 12.0. The molecule has 0 bridgehead atoms. The van der Waals surface area contributed by atoms with Gasteiger partial charge in [0.15, 0.2) is 0 Å². The maximum absolute atomic E-state index is 11.8. The molecule has 2 heterocycles. The molecule has 0 radical (unpaired) electrons. The number of piperidine rings is 1. The number of carbonyl (C=O) groups is 1. The summed E-state index contributed by atoms with van der Waals surface area (Å²) in [6.07, 6.45) is 12.5. The SMILES string of the molecule is CC1=C2C[C@H]3[C@@H](CC[C@@H]4C[C@@H](OC(=O)CN)CC[C@@]43C)[C@@H]2CC[C@@]2(C1)O[C@@H]1C[C@H](C)CNC1[C@H]2C. The first-order valence-corrected chi connectivity index (χ1v) is 14.7. The zero-order chi connectivity index (χ0) is 24.5. The molecule has 0 aromatic rings. The van der Waals surface area contributed by atoms with E-state index in [1.807, 2.05) is 5.57 Å². The number of hydrogen-bond donors (Lipinski definition) is 2. The van der Waals surface area contributed by atoms with Gasteiger partial charge in [-0.15, -0.1) is 0 Å². The average molecular weight is 485 g/mol. The molecule has 0 aromatic heterocycles. The van der Waals surface area contributed by atoms with Crippen molar-refractivity contribution >= 4 is 5.97 Å². The fourth-order valence-corrected chi connectivity index (χ4v) is 10.1. The van der Waals surface area contributed by atoms with Crippen molar-refractivity contribution in [3.63, 3.8) is 0 Å². The molecule has 0 aromatic carbocycles. The largest absolute Gasteiger partial charge is 0.461 e. The summed E-state index contributed by atoms with van der Waals surface area (Å²) in [5, 5.41) is 3.86. The van der Waals surface area contributed by atoms with Crippen LogP contribution in [0.2, 0.25) is 0 Å². The summed E-state index contributed by atoms with van der Waals surface area (Å²) in [4.78, 5) is 11.8. The predicted molar refractivity (Wildman–Crippen MR) is 138 cm³/mol. The van der Waals surface area contributed by atoms with Crippen LogP contribution in [-0.4, -0.2) is 42.9 Å². The summed E-state index contributed by atoms with van der Waals surface area (Å²) in [5.41, 5.74) is 9.40.